The van der Waals surface area contributed by atoms with Crippen LogP contribution < -0.4 is 4.90 Å². The number of carbonyl (C=O) groups is 1. The topological polar surface area (TPSA) is 23.6 Å². The molecular weight excluding hydrogens is 299 g/mol. The van der Waals surface area contributed by atoms with Gasteiger partial charge in [-0.1, -0.05) is 12.1 Å². The van der Waals surface area contributed by atoms with Crippen LogP contribution in [0, 0.1) is 5.82 Å². The highest BCUT2D eigenvalue weighted by molar-refractivity contribution is 7.09. The molecule has 1 fully saturated rings. The van der Waals surface area contributed by atoms with Crippen LogP contribution in [0.4, 0.5) is 10.1 Å². The molecule has 5 heteroatoms. The molecule has 0 bridgehead atoms. The molecule has 2 heterocycles. The lowest BCUT2D eigenvalue weighted by atomic mass is 10.2. The first-order chi connectivity index (χ1) is 10.7. The van der Waals surface area contributed by atoms with Crippen LogP contribution in [0.2, 0.25) is 0 Å². The zero-order valence-electron chi connectivity index (χ0n) is 12.4. The molecule has 0 atom stereocenters. The van der Waals surface area contributed by atoms with E-state index in [0.717, 1.165) is 25.2 Å². The number of hydrogen-bond donors (Lipinski definition) is 0. The van der Waals surface area contributed by atoms with E-state index in [1.54, 1.807) is 23.5 Å². The lowest BCUT2D eigenvalue weighted by Crippen LogP contribution is -2.48. The summed E-state index contributed by atoms with van der Waals surface area (Å²) in [6.07, 6.45) is 1.39. The molecule has 1 amide bonds. The van der Waals surface area contributed by atoms with Crippen molar-refractivity contribution in [2.24, 2.45) is 0 Å². The summed E-state index contributed by atoms with van der Waals surface area (Å²) in [6.45, 7) is 2.93. The average Bonchev–Trinajstić information content (AvgIpc) is 3.06. The van der Waals surface area contributed by atoms with Crippen molar-refractivity contribution in [3.63, 3.8) is 0 Å². The van der Waals surface area contributed by atoms with E-state index < -0.39 is 0 Å². The second kappa shape index (κ2) is 6.92. The lowest BCUT2D eigenvalue weighted by molar-refractivity contribution is -0.131. The van der Waals surface area contributed by atoms with Crippen LogP contribution in [-0.4, -0.2) is 37.0 Å². The minimum atomic E-state index is -0.216. The van der Waals surface area contributed by atoms with Gasteiger partial charge in [0.05, 0.1) is 0 Å². The molecule has 0 unspecified atom stereocenters. The standard InChI is InChI=1S/C17H19FN2OS/c18-14-3-1-4-15(13-14)19-8-10-20(11-9-19)17(21)7-6-16-5-2-12-22-16/h1-5,12-13H,6-11H2. The number of halogens is 1. The van der Waals surface area contributed by atoms with Crippen LogP contribution >= 0.6 is 11.3 Å². The molecule has 0 spiro atoms. The minimum Gasteiger partial charge on any atom is -0.368 e. The van der Waals surface area contributed by atoms with Crippen LogP contribution in [0.3, 0.4) is 0 Å². The number of aryl methyl sites for hydroxylation is 1. The summed E-state index contributed by atoms with van der Waals surface area (Å²) in [6, 6.07) is 10.7. The Morgan fingerprint density at radius 1 is 1.14 bits per heavy atom. The van der Waals surface area contributed by atoms with Crippen molar-refractivity contribution >= 4 is 22.9 Å². The van der Waals surface area contributed by atoms with Gasteiger partial charge in [0.2, 0.25) is 5.91 Å². The maximum Gasteiger partial charge on any atom is 0.223 e. The maximum atomic E-state index is 13.3. The van der Waals surface area contributed by atoms with Gasteiger partial charge in [0.25, 0.3) is 0 Å². The molecule has 0 aliphatic carbocycles. The van der Waals surface area contributed by atoms with Crippen LogP contribution in [-0.2, 0) is 11.2 Å². The molecule has 22 heavy (non-hydrogen) atoms. The molecule has 3 rings (SSSR count). The van der Waals surface area contributed by atoms with Gasteiger partial charge in [0.1, 0.15) is 5.82 Å². The Hall–Kier alpha value is -1.88. The fourth-order valence-corrected chi connectivity index (χ4v) is 3.44. The Kier molecular flexibility index (Phi) is 4.73. The van der Waals surface area contributed by atoms with E-state index in [2.05, 4.69) is 11.0 Å². The summed E-state index contributed by atoms with van der Waals surface area (Å²) in [5.74, 6) is -0.000698. The van der Waals surface area contributed by atoms with E-state index in [1.165, 1.54) is 10.9 Å². The van der Waals surface area contributed by atoms with Crippen molar-refractivity contribution in [3.05, 3.63) is 52.5 Å². The third kappa shape index (κ3) is 3.65. The van der Waals surface area contributed by atoms with Crippen molar-refractivity contribution in [2.75, 3.05) is 31.1 Å². The maximum absolute atomic E-state index is 13.3. The molecule has 0 N–H and O–H groups in total. The molecule has 116 valence electrons. The van der Waals surface area contributed by atoms with E-state index >= 15 is 0 Å². The first-order valence-electron chi connectivity index (χ1n) is 7.53. The largest absolute Gasteiger partial charge is 0.368 e. The predicted molar refractivity (Wildman–Crippen MR) is 87.8 cm³/mol. The van der Waals surface area contributed by atoms with Gasteiger partial charge < -0.3 is 9.80 Å². The molecule has 1 aliphatic rings. The van der Waals surface area contributed by atoms with E-state index in [1.807, 2.05) is 22.4 Å². The SMILES string of the molecule is O=C(CCc1cccs1)N1CCN(c2cccc(F)c2)CC1. The Morgan fingerprint density at radius 2 is 1.95 bits per heavy atom. The number of rotatable bonds is 4. The molecule has 1 aromatic carbocycles. The molecule has 1 aliphatic heterocycles. The molecule has 1 aromatic heterocycles. The third-order valence-electron chi connectivity index (χ3n) is 3.97. The number of amides is 1. The molecule has 2 aromatic rings. The van der Waals surface area contributed by atoms with Gasteiger partial charge in [0, 0.05) is 43.2 Å². The molecular formula is C17H19FN2OS. The van der Waals surface area contributed by atoms with E-state index in [4.69, 9.17) is 0 Å². The predicted octanol–water partition coefficient (Wildman–Crippen LogP) is 3.17. The van der Waals surface area contributed by atoms with Gasteiger partial charge in [-0.05, 0) is 36.1 Å². The van der Waals surface area contributed by atoms with Crippen molar-refractivity contribution < 1.29 is 9.18 Å². The van der Waals surface area contributed by atoms with Gasteiger partial charge in [-0.3, -0.25) is 4.79 Å². The van der Waals surface area contributed by atoms with Gasteiger partial charge in [-0.2, -0.15) is 0 Å². The fraction of sp³-hybridized carbons (Fsp3) is 0.353. The third-order valence-corrected chi connectivity index (χ3v) is 4.91. The Morgan fingerprint density at radius 3 is 2.64 bits per heavy atom. The number of thiophene rings is 1. The summed E-state index contributed by atoms with van der Waals surface area (Å²) < 4.78 is 13.3. The highest BCUT2D eigenvalue weighted by atomic mass is 32.1. The Labute approximate surface area is 134 Å². The fourth-order valence-electron chi connectivity index (χ4n) is 2.73. The number of carbonyl (C=O) groups excluding carboxylic acids is 1. The summed E-state index contributed by atoms with van der Waals surface area (Å²) in [7, 11) is 0. The minimum absolute atomic E-state index is 0.215. The first-order valence-corrected chi connectivity index (χ1v) is 8.41. The zero-order chi connectivity index (χ0) is 15.4. The quantitative estimate of drug-likeness (QED) is 0.864. The zero-order valence-corrected chi connectivity index (χ0v) is 13.2. The monoisotopic (exact) mass is 318 g/mol. The van der Waals surface area contributed by atoms with Crippen molar-refractivity contribution in [1.82, 2.24) is 4.90 Å². The number of anilines is 1. The Balaban J connectivity index is 1.49. The van der Waals surface area contributed by atoms with Crippen LogP contribution in [0.1, 0.15) is 11.3 Å². The molecule has 0 radical (unpaired) electrons. The van der Waals surface area contributed by atoms with E-state index in [-0.39, 0.29) is 11.7 Å². The number of hydrogen-bond acceptors (Lipinski definition) is 3. The molecule has 3 nitrogen and oxygen atoms in total. The first kappa shape index (κ1) is 15.0. The number of benzene rings is 1. The second-order valence-electron chi connectivity index (χ2n) is 5.43. The van der Waals surface area contributed by atoms with Gasteiger partial charge in [-0.15, -0.1) is 11.3 Å². The number of nitrogens with zero attached hydrogens (tertiary/aromatic N) is 2. The average molecular weight is 318 g/mol. The van der Waals surface area contributed by atoms with E-state index in [9.17, 15) is 9.18 Å². The summed E-state index contributed by atoms with van der Waals surface area (Å²) in [4.78, 5) is 17.5. The van der Waals surface area contributed by atoms with Crippen LogP contribution in [0.15, 0.2) is 41.8 Å². The second-order valence-corrected chi connectivity index (χ2v) is 6.46. The number of piperazine rings is 1. The summed E-state index contributed by atoms with van der Waals surface area (Å²) >= 11 is 1.70. The molecule has 1 saturated heterocycles. The normalized spacial score (nSPS) is 15.1. The van der Waals surface area contributed by atoms with Crippen LogP contribution in [0.5, 0.6) is 0 Å². The van der Waals surface area contributed by atoms with Crippen molar-refractivity contribution in [3.8, 4) is 0 Å². The smallest absolute Gasteiger partial charge is 0.223 e. The summed E-state index contributed by atoms with van der Waals surface area (Å²) in [5, 5.41) is 2.04. The van der Waals surface area contributed by atoms with Gasteiger partial charge >= 0.3 is 0 Å². The molecule has 0 saturated carbocycles. The van der Waals surface area contributed by atoms with E-state index in [0.29, 0.717) is 19.5 Å². The van der Waals surface area contributed by atoms with Crippen LogP contribution in [0.25, 0.3) is 0 Å². The van der Waals surface area contributed by atoms with Gasteiger partial charge in [0.15, 0.2) is 0 Å². The lowest BCUT2D eigenvalue weighted by Gasteiger charge is -2.36. The highest BCUT2D eigenvalue weighted by Gasteiger charge is 2.21. The Bertz CT molecular complexity index is 621. The highest BCUT2D eigenvalue weighted by Crippen LogP contribution is 2.18. The van der Waals surface area contributed by atoms with Gasteiger partial charge in [-0.25, -0.2) is 4.39 Å². The van der Waals surface area contributed by atoms with Crippen molar-refractivity contribution in [1.29, 1.82) is 0 Å². The van der Waals surface area contributed by atoms with Crippen molar-refractivity contribution in [2.45, 2.75) is 12.8 Å². The summed E-state index contributed by atoms with van der Waals surface area (Å²) in [5.41, 5.74) is 0.894.